The Morgan fingerprint density at radius 2 is 1.84 bits per heavy atom. The molecule has 0 bridgehead atoms. The zero-order valence-corrected chi connectivity index (χ0v) is 21.7. The van der Waals surface area contributed by atoms with Crippen LogP contribution in [0.2, 0.25) is 0 Å². The van der Waals surface area contributed by atoms with Gasteiger partial charge in [0.25, 0.3) is 11.1 Å². The Balaban J connectivity index is 1.73. The van der Waals surface area contributed by atoms with Crippen LogP contribution in [-0.2, 0) is 20.9 Å². The van der Waals surface area contributed by atoms with Crippen molar-refractivity contribution in [3.05, 3.63) is 66.9 Å². The van der Waals surface area contributed by atoms with Gasteiger partial charge in [-0.05, 0) is 93.7 Å². The van der Waals surface area contributed by atoms with Crippen molar-refractivity contribution in [1.82, 2.24) is 4.90 Å². The van der Waals surface area contributed by atoms with Gasteiger partial charge >= 0.3 is 5.97 Å². The standard InChI is InChI=1S/C23H21Br2NO5S/c1-13(2)31-20(27)11-26-22(28)19(32-23(26)29)10-16-8-17(24)21(18(25)9-16)30-12-15-6-4-5-14(3)7-15/h4-10,13H,11-12H2,1-3H3/b19-10-. The Bertz CT molecular complexity index is 1080. The molecule has 0 spiro atoms. The first-order valence-electron chi connectivity index (χ1n) is 9.76. The van der Waals surface area contributed by atoms with E-state index in [2.05, 4.69) is 37.9 Å². The van der Waals surface area contributed by atoms with E-state index in [9.17, 15) is 14.4 Å². The predicted molar refractivity (Wildman–Crippen MR) is 131 cm³/mol. The van der Waals surface area contributed by atoms with E-state index in [-0.39, 0.29) is 11.0 Å². The summed E-state index contributed by atoms with van der Waals surface area (Å²) in [5, 5.41) is -0.502. The summed E-state index contributed by atoms with van der Waals surface area (Å²) >= 11 is 7.82. The minimum Gasteiger partial charge on any atom is -0.487 e. The summed E-state index contributed by atoms with van der Waals surface area (Å²) in [7, 11) is 0. The van der Waals surface area contributed by atoms with E-state index in [1.165, 1.54) is 0 Å². The van der Waals surface area contributed by atoms with Crippen LogP contribution in [0, 0.1) is 6.92 Å². The fourth-order valence-corrected chi connectivity index (χ4v) is 5.26. The van der Waals surface area contributed by atoms with Gasteiger partial charge in [0.15, 0.2) is 0 Å². The highest BCUT2D eigenvalue weighted by molar-refractivity contribution is 9.11. The van der Waals surface area contributed by atoms with Crippen LogP contribution in [0.3, 0.4) is 0 Å². The number of carbonyl (C=O) groups is 3. The van der Waals surface area contributed by atoms with Gasteiger partial charge in [-0.3, -0.25) is 19.3 Å². The molecule has 2 aromatic carbocycles. The molecule has 2 aromatic rings. The Morgan fingerprint density at radius 3 is 2.47 bits per heavy atom. The fraction of sp³-hybridized carbons (Fsp3) is 0.261. The number of halogens is 2. The maximum absolute atomic E-state index is 12.6. The number of aryl methyl sites for hydroxylation is 1. The van der Waals surface area contributed by atoms with Gasteiger partial charge < -0.3 is 9.47 Å². The lowest BCUT2D eigenvalue weighted by atomic mass is 10.1. The summed E-state index contributed by atoms with van der Waals surface area (Å²) in [6.45, 7) is 5.44. The highest BCUT2D eigenvalue weighted by atomic mass is 79.9. The van der Waals surface area contributed by atoms with Crippen LogP contribution in [0.1, 0.15) is 30.5 Å². The molecule has 3 rings (SSSR count). The number of hydrogen-bond acceptors (Lipinski definition) is 6. The number of carbonyl (C=O) groups excluding carboxylic acids is 3. The van der Waals surface area contributed by atoms with Crippen LogP contribution < -0.4 is 4.74 Å². The molecule has 1 heterocycles. The normalized spacial score (nSPS) is 15.1. The highest BCUT2D eigenvalue weighted by Crippen LogP contribution is 2.38. The quantitative estimate of drug-likeness (QED) is 0.291. The van der Waals surface area contributed by atoms with Crippen LogP contribution in [0.25, 0.3) is 6.08 Å². The number of rotatable bonds is 7. The molecular formula is C23H21Br2NO5S. The van der Waals surface area contributed by atoms with Crippen molar-refractivity contribution in [1.29, 1.82) is 0 Å². The SMILES string of the molecule is Cc1cccc(COc2c(Br)cc(/C=C3\SC(=O)N(CC(=O)OC(C)C)C3=O)cc2Br)c1. The van der Waals surface area contributed by atoms with E-state index >= 15 is 0 Å². The monoisotopic (exact) mass is 581 g/mol. The summed E-state index contributed by atoms with van der Waals surface area (Å²) in [6, 6.07) is 11.7. The molecule has 1 aliphatic rings. The number of benzene rings is 2. The molecule has 0 N–H and O–H groups in total. The summed E-state index contributed by atoms with van der Waals surface area (Å²) in [6.07, 6.45) is 1.29. The van der Waals surface area contributed by atoms with Gasteiger partial charge in [-0.1, -0.05) is 29.8 Å². The van der Waals surface area contributed by atoms with Crippen molar-refractivity contribution < 1.29 is 23.9 Å². The molecule has 6 nitrogen and oxygen atoms in total. The molecule has 0 saturated carbocycles. The molecule has 2 amide bonds. The van der Waals surface area contributed by atoms with Crippen molar-refractivity contribution in [3.63, 3.8) is 0 Å². The lowest BCUT2D eigenvalue weighted by molar-refractivity contribution is -0.149. The van der Waals surface area contributed by atoms with E-state index in [1.807, 2.05) is 25.1 Å². The molecule has 1 fully saturated rings. The molecule has 32 heavy (non-hydrogen) atoms. The van der Waals surface area contributed by atoms with E-state index < -0.39 is 23.7 Å². The third kappa shape index (κ3) is 6.24. The first-order chi connectivity index (χ1) is 15.1. The molecule has 9 heteroatoms. The van der Waals surface area contributed by atoms with Crippen LogP contribution >= 0.6 is 43.6 Å². The third-order valence-corrected chi connectivity index (χ3v) is 6.40. The van der Waals surface area contributed by atoms with Gasteiger partial charge in [-0.25, -0.2) is 0 Å². The molecule has 168 valence electrons. The predicted octanol–water partition coefficient (Wildman–Crippen LogP) is 6.09. The summed E-state index contributed by atoms with van der Waals surface area (Å²) in [5.41, 5.74) is 2.91. The second-order valence-corrected chi connectivity index (χ2v) is 10.1. The first-order valence-corrected chi connectivity index (χ1v) is 12.2. The largest absolute Gasteiger partial charge is 0.487 e. The zero-order valence-electron chi connectivity index (χ0n) is 17.7. The van der Waals surface area contributed by atoms with Gasteiger partial charge in [0.2, 0.25) is 0 Å². The number of ether oxygens (including phenoxy) is 2. The van der Waals surface area contributed by atoms with Crippen molar-refractivity contribution >= 4 is 66.8 Å². The minimum absolute atomic E-state index is 0.236. The molecule has 0 aliphatic carbocycles. The van der Waals surface area contributed by atoms with E-state index in [1.54, 1.807) is 32.1 Å². The van der Waals surface area contributed by atoms with Gasteiger partial charge in [-0.2, -0.15) is 0 Å². The van der Waals surface area contributed by atoms with E-state index in [4.69, 9.17) is 9.47 Å². The summed E-state index contributed by atoms with van der Waals surface area (Å²) in [4.78, 5) is 37.8. The van der Waals surface area contributed by atoms with E-state index in [0.717, 1.165) is 27.8 Å². The molecule has 1 aliphatic heterocycles. The first kappa shape index (κ1) is 24.5. The van der Waals surface area contributed by atoms with E-state index in [0.29, 0.717) is 26.9 Å². The van der Waals surface area contributed by atoms with Crippen molar-refractivity contribution in [2.45, 2.75) is 33.5 Å². The number of esters is 1. The maximum atomic E-state index is 12.6. The van der Waals surface area contributed by atoms with Gasteiger partial charge in [0.1, 0.15) is 18.9 Å². The molecule has 0 radical (unpaired) electrons. The lowest BCUT2D eigenvalue weighted by Crippen LogP contribution is -2.35. The van der Waals surface area contributed by atoms with Crippen LogP contribution in [-0.4, -0.2) is 34.7 Å². The van der Waals surface area contributed by atoms with Crippen molar-refractivity contribution in [2.75, 3.05) is 6.54 Å². The topological polar surface area (TPSA) is 72.9 Å². The van der Waals surface area contributed by atoms with Crippen LogP contribution in [0.15, 0.2) is 50.2 Å². The van der Waals surface area contributed by atoms with Crippen molar-refractivity contribution in [2.24, 2.45) is 0 Å². The number of thioether (sulfide) groups is 1. The fourth-order valence-electron chi connectivity index (χ4n) is 2.98. The Labute approximate surface area is 207 Å². The second-order valence-electron chi connectivity index (χ2n) is 7.40. The Morgan fingerprint density at radius 1 is 1.16 bits per heavy atom. The Kier molecular flexibility index (Phi) is 8.19. The number of amides is 2. The maximum Gasteiger partial charge on any atom is 0.326 e. The number of imide groups is 1. The van der Waals surface area contributed by atoms with Crippen LogP contribution in [0.4, 0.5) is 4.79 Å². The van der Waals surface area contributed by atoms with Crippen molar-refractivity contribution in [3.8, 4) is 5.75 Å². The summed E-state index contributed by atoms with van der Waals surface area (Å²) < 4.78 is 12.4. The molecule has 0 unspecified atom stereocenters. The second kappa shape index (κ2) is 10.7. The smallest absolute Gasteiger partial charge is 0.326 e. The molecule has 0 atom stereocenters. The molecular weight excluding hydrogens is 562 g/mol. The minimum atomic E-state index is -0.621. The number of nitrogens with zero attached hydrogens (tertiary/aromatic N) is 1. The highest BCUT2D eigenvalue weighted by Gasteiger charge is 2.36. The molecule has 1 saturated heterocycles. The van der Waals surface area contributed by atoms with Gasteiger partial charge in [-0.15, -0.1) is 0 Å². The zero-order chi connectivity index (χ0) is 23.4. The molecule has 0 aromatic heterocycles. The van der Waals surface area contributed by atoms with Crippen LogP contribution in [0.5, 0.6) is 5.75 Å². The van der Waals surface area contributed by atoms with Gasteiger partial charge in [0.05, 0.1) is 20.0 Å². The Hall–Kier alpha value is -2.10. The lowest BCUT2D eigenvalue weighted by Gasteiger charge is -2.13. The number of hydrogen-bond donors (Lipinski definition) is 0. The third-order valence-electron chi connectivity index (χ3n) is 4.31. The average Bonchev–Trinajstić information content (AvgIpc) is 2.94. The summed E-state index contributed by atoms with van der Waals surface area (Å²) in [5.74, 6) is -0.509. The average molecular weight is 583 g/mol. The van der Waals surface area contributed by atoms with Gasteiger partial charge in [0, 0.05) is 0 Å².